The summed E-state index contributed by atoms with van der Waals surface area (Å²) in [5.74, 6) is -0.0906. The van der Waals surface area contributed by atoms with Crippen LogP contribution < -0.4 is 10.6 Å². The summed E-state index contributed by atoms with van der Waals surface area (Å²) in [6.07, 6.45) is 0.00948. The predicted molar refractivity (Wildman–Crippen MR) is 95.6 cm³/mol. The highest BCUT2D eigenvalue weighted by Gasteiger charge is 2.28. The summed E-state index contributed by atoms with van der Waals surface area (Å²) >= 11 is 0. The maximum atomic E-state index is 12.5. The molecular weight excluding hydrogens is 304 g/mol. The van der Waals surface area contributed by atoms with E-state index in [4.69, 9.17) is 4.74 Å². The van der Waals surface area contributed by atoms with E-state index < -0.39 is 0 Å². The minimum atomic E-state index is -0.360. The van der Waals surface area contributed by atoms with Gasteiger partial charge in [-0.25, -0.2) is 4.79 Å². The fraction of sp³-hybridized carbons (Fsp3) is 0.632. The Hall–Kier alpha value is -1.59. The van der Waals surface area contributed by atoms with E-state index >= 15 is 0 Å². The first-order valence-electron chi connectivity index (χ1n) is 8.52. The van der Waals surface area contributed by atoms with Gasteiger partial charge < -0.3 is 9.84 Å². The standard InChI is InChI=1S/C19H30N2O3/c1-18(2,3)13-9-12(10-14(16(13)22)19(4,5)6)17(23)24-11-15-20-7-8-21-15/h9-10,15,20-22H,7-8,11H2,1-6H3. The van der Waals surface area contributed by atoms with Crippen molar-refractivity contribution in [3.05, 3.63) is 28.8 Å². The minimum Gasteiger partial charge on any atom is -0.507 e. The van der Waals surface area contributed by atoms with E-state index in [9.17, 15) is 9.90 Å². The van der Waals surface area contributed by atoms with Crippen LogP contribution in [0.4, 0.5) is 0 Å². The van der Waals surface area contributed by atoms with Gasteiger partial charge in [0.2, 0.25) is 0 Å². The summed E-state index contributed by atoms with van der Waals surface area (Å²) < 4.78 is 5.44. The Morgan fingerprint density at radius 3 is 1.96 bits per heavy atom. The number of hydrogen-bond acceptors (Lipinski definition) is 5. The maximum Gasteiger partial charge on any atom is 0.338 e. The molecule has 1 heterocycles. The van der Waals surface area contributed by atoms with Crippen LogP contribution in [-0.4, -0.2) is 36.9 Å². The van der Waals surface area contributed by atoms with Crippen LogP contribution in [0.1, 0.15) is 63.0 Å². The Morgan fingerprint density at radius 2 is 1.54 bits per heavy atom. The molecule has 0 radical (unpaired) electrons. The van der Waals surface area contributed by atoms with Crippen molar-refractivity contribution in [3.8, 4) is 5.75 Å². The molecule has 24 heavy (non-hydrogen) atoms. The van der Waals surface area contributed by atoms with Gasteiger partial charge in [0.05, 0.1) is 11.7 Å². The van der Waals surface area contributed by atoms with Crippen molar-refractivity contribution in [1.29, 1.82) is 0 Å². The highest BCUT2D eigenvalue weighted by atomic mass is 16.5. The van der Waals surface area contributed by atoms with E-state index in [0.29, 0.717) is 5.56 Å². The van der Waals surface area contributed by atoms with Gasteiger partial charge in [-0.15, -0.1) is 0 Å². The molecule has 3 N–H and O–H groups in total. The third-order valence-electron chi connectivity index (χ3n) is 4.25. The summed E-state index contributed by atoms with van der Waals surface area (Å²) in [6, 6.07) is 3.50. The van der Waals surface area contributed by atoms with Gasteiger partial charge in [-0.2, -0.15) is 0 Å². The zero-order chi connectivity index (χ0) is 18.1. The largest absolute Gasteiger partial charge is 0.507 e. The van der Waals surface area contributed by atoms with E-state index in [1.807, 2.05) is 41.5 Å². The van der Waals surface area contributed by atoms with Gasteiger partial charge in [0.1, 0.15) is 12.4 Å². The average Bonchev–Trinajstić information content (AvgIpc) is 2.95. The van der Waals surface area contributed by atoms with Gasteiger partial charge in [0.25, 0.3) is 0 Å². The molecule has 1 fully saturated rings. The number of nitrogens with one attached hydrogen (secondary N) is 2. The van der Waals surface area contributed by atoms with Crippen LogP contribution in [0.2, 0.25) is 0 Å². The number of rotatable bonds is 3. The maximum absolute atomic E-state index is 12.5. The lowest BCUT2D eigenvalue weighted by atomic mass is 9.78. The normalized spacial score (nSPS) is 16.4. The summed E-state index contributed by atoms with van der Waals surface area (Å²) in [4.78, 5) is 12.5. The number of carbonyl (C=O) groups excluding carboxylic acids is 1. The van der Waals surface area contributed by atoms with Gasteiger partial charge in [-0.05, 0) is 23.0 Å². The second-order valence-electron chi connectivity index (χ2n) is 8.48. The predicted octanol–water partition coefficient (Wildman–Crippen LogP) is 2.66. The molecule has 134 valence electrons. The van der Waals surface area contributed by atoms with Crippen molar-refractivity contribution in [1.82, 2.24) is 10.6 Å². The monoisotopic (exact) mass is 334 g/mol. The Kier molecular flexibility index (Phi) is 5.25. The molecule has 1 aromatic carbocycles. The lowest BCUT2D eigenvalue weighted by molar-refractivity contribution is 0.0463. The number of carbonyl (C=O) groups is 1. The molecule has 0 amide bonds. The molecule has 5 nitrogen and oxygen atoms in total. The van der Waals surface area contributed by atoms with Crippen molar-refractivity contribution in [2.24, 2.45) is 0 Å². The van der Waals surface area contributed by atoms with Crippen molar-refractivity contribution in [2.75, 3.05) is 19.7 Å². The molecule has 0 atom stereocenters. The third-order valence-corrected chi connectivity index (χ3v) is 4.25. The van der Waals surface area contributed by atoms with Gasteiger partial charge in [-0.3, -0.25) is 10.6 Å². The molecular formula is C19H30N2O3. The van der Waals surface area contributed by atoms with Crippen molar-refractivity contribution in [3.63, 3.8) is 0 Å². The number of phenols is 1. The van der Waals surface area contributed by atoms with E-state index in [2.05, 4.69) is 10.6 Å². The van der Waals surface area contributed by atoms with E-state index in [-0.39, 0.29) is 35.3 Å². The molecule has 1 aromatic rings. The summed E-state index contributed by atoms with van der Waals surface area (Å²) in [6.45, 7) is 14.2. The molecule has 0 aliphatic carbocycles. The smallest absolute Gasteiger partial charge is 0.338 e. The fourth-order valence-corrected chi connectivity index (χ4v) is 2.82. The Labute approximate surface area is 144 Å². The number of hydrogen-bond donors (Lipinski definition) is 3. The molecule has 1 aliphatic heterocycles. The first-order valence-corrected chi connectivity index (χ1v) is 8.52. The molecule has 0 spiro atoms. The number of esters is 1. The summed E-state index contributed by atoms with van der Waals surface area (Å²) in [5, 5.41) is 17.1. The van der Waals surface area contributed by atoms with Gasteiger partial charge >= 0.3 is 5.97 Å². The molecule has 5 heteroatoms. The van der Waals surface area contributed by atoms with Gasteiger partial charge in [-0.1, -0.05) is 41.5 Å². The van der Waals surface area contributed by atoms with Crippen LogP contribution >= 0.6 is 0 Å². The zero-order valence-corrected chi connectivity index (χ0v) is 15.6. The molecule has 2 rings (SSSR count). The summed E-state index contributed by atoms with van der Waals surface area (Å²) in [5.41, 5.74) is 1.47. The van der Waals surface area contributed by atoms with Crippen molar-refractivity contribution in [2.45, 2.75) is 58.5 Å². The lowest BCUT2D eigenvalue weighted by Gasteiger charge is -2.28. The Bertz CT molecular complexity index is 571. The van der Waals surface area contributed by atoms with Crippen LogP contribution in [-0.2, 0) is 15.6 Å². The van der Waals surface area contributed by atoms with Crippen molar-refractivity contribution >= 4 is 5.97 Å². The zero-order valence-electron chi connectivity index (χ0n) is 15.6. The van der Waals surface area contributed by atoms with E-state index in [1.54, 1.807) is 12.1 Å². The first-order chi connectivity index (χ1) is 11.0. The van der Waals surface area contributed by atoms with E-state index in [1.165, 1.54) is 0 Å². The molecule has 1 saturated heterocycles. The third kappa shape index (κ3) is 4.28. The van der Waals surface area contributed by atoms with Crippen LogP contribution in [0.15, 0.2) is 12.1 Å². The second-order valence-corrected chi connectivity index (χ2v) is 8.48. The number of aromatic hydroxyl groups is 1. The average molecular weight is 334 g/mol. The number of benzene rings is 1. The number of ether oxygens (including phenoxy) is 1. The topological polar surface area (TPSA) is 70.6 Å². The Balaban J connectivity index is 2.33. The van der Waals surface area contributed by atoms with Gasteiger partial charge in [0, 0.05) is 24.2 Å². The first kappa shape index (κ1) is 18.7. The van der Waals surface area contributed by atoms with Crippen LogP contribution in [0, 0.1) is 0 Å². The van der Waals surface area contributed by atoms with Crippen LogP contribution in [0.3, 0.4) is 0 Å². The van der Waals surface area contributed by atoms with E-state index in [0.717, 1.165) is 24.2 Å². The SMILES string of the molecule is CC(C)(C)c1cc(C(=O)OCC2NCCN2)cc(C(C)(C)C)c1O. The minimum absolute atomic E-state index is 0.00948. The fourth-order valence-electron chi connectivity index (χ4n) is 2.82. The highest BCUT2D eigenvalue weighted by Crippen LogP contribution is 2.39. The second kappa shape index (κ2) is 6.73. The van der Waals surface area contributed by atoms with Crippen molar-refractivity contribution < 1.29 is 14.6 Å². The quantitative estimate of drug-likeness (QED) is 0.741. The summed E-state index contributed by atoms with van der Waals surface area (Å²) in [7, 11) is 0. The molecule has 0 bridgehead atoms. The molecule has 0 unspecified atom stereocenters. The molecule has 0 aromatic heterocycles. The van der Waals surface area contributed by atoms with Crippen LogP contribution in [0.5, 0.6) is 5.75 Å². The molecule has 1 aliphatic rings. The molecule has 0 saturated carbocycles. The van der Waals surface area contributed by atoms with Gasteiger partial charge in [0.15, 0.2) is 0 Å². The lowest BCUT2D eigenvalue weighted by Crippen LogP contribution is -2.36. The van der Waals surface area contributed by atoms with Crippen LogP contribution in [0.25, 0.3) is 0 Å². The Morgan fingerprint density at radius 1 is 1.08 bits per heavy atom. The highest BCUT2D eigenvalue weighted by molar-refractivity contribution is 5.90. The number of phenolic OH excluding ortho intramolecular Hbond substituents is 1.